The largest absolute Gasteiger partial charge is 0.458 e. The lowest BCUT2D eigenvalue weighted by Crippen LogP contribution is -2.50. The highest BCUT2D eigenvalue weighted by Gasteiger charge is 2.48. The Morgan fingerprint density at radius 1 is 1.23 bits per heavy atom. The van der Waals surface area contributed by atoms with Crippen molar-refractivity contribution in [2.24, 2.45) is 5.73 Å². The number of cyclic esters (lactones) is 1. The number of benzene rings is 1. The molecule has 0 bridgehead atoms. The van der Waals surface area contributed by atoms with E-state index in [0.29, 0.717) is 29.9 Å². The minimum absolute atomic E-state index is 0.0733. The smallest absolute Gasteiger partial charge is 0.364 e. The Kier molecular flexibility index (Phi) is 4.51. The number of esters is 1. The maximum Gasteiger partial charge on any atom is 0.364 e. The van der Waals surface area contributed by atoms with Crippen molar-refractivity contribution < 1.29 is 29.2 Å². The van der Waals surface area contributed by atoms with Crippen molar-refractivity contribution in [3.05, 3.63) is 62.9 Å². The number of para-hydroxylation sites is 1. The molecule has 1 fully saturated rings. The van der Waals surface area contributed by atoms with Gasteiger partial charge in [-0.1, -0.05) is 25.1 Å². The number of rotatable bonds is 3. The fraction of sp³-hybridized carbons (Fsp3) is 0.360. The van der Waals surface area contributed by atoms with E-state index in [4.69, 9.17) is 25.2 Å². The second-order valence-electron chi connectivity index (χ2n) is 9.53. The van der Waals surface area contributed by atoms with Gasteiger partial charge in [0.2, 0.25) is 0 Å². The molecule has 3 aliphatic rings. The molecular weight excluding hydrogens is 454 g/mol. The second kappa shape index (κ2) is 7.20. The van der Waals surface area contributed by atoms with Crippen LogP contribution in [0.3, 0.4) is 0 Å². The van der Waals surface area contributed by atoms with Crippen molar-refractivity contribution in [2.75, 3.05) is 0 Å². The minimum Gasteiger partial charge on any atom is -0.458 e. The molecule has 10 nitrogen and oxygen atoms in total. The van der Waals surface area contributed by atoms with Crippen LogP contribution in [0.2, 0.25) is 0 Å². The summed E-state index contributed by atoms with van der Waals surface area (Å²) >= 11 is 0. The normalized spacial score (nSPS) is 26.8. The number of aromatic nitrogens is 2. The van der Waals surface area contributed by atoms with Gasteiger partial charge in [-0.15, -0.1) is 0 Å². The van der Waals surface area contributed by atoms with Crippen molar-refractivity contribution in [3.63, 3.8) is 0 Å². The van der Waals surface area contributed by atoms with Crippen molar-refractivity contribution in [1.29, 1.82) is 0 Å². The van der Waals surface area contributed by atoms with Crippen LogP contribution in [0, 0.1) is 0 Å². The van der Waals surface area contributed by atoms with Gasteiger partial charge in [-0.05, 0) is 31.0 Å². The molecule has 2 aromatic heterocycles. The van der Waals surface area contributed by atoms with Crippen molar-refractivity contribution >= 4 is 22.8 Å². The summed E-state index contributed by atoms with van der Waals surface area (Å²) in [7, 11) is 0. The van der Waals surface area contributed by atoms with Crippen LogP contribution in [0.25, 0.3) is 22.3 Å². The number of nitrogens with two attached hydrogens (primary N) is 1. The van der Waals surface area contributed by atoms with Crippen LogP contribution in [-0.4, -0.2) is 38.2 Å². The molecule has 6 rings (SSSR count). The fourth-order valence-electron chi connectivity index (χ4n) is 5.10. The molecule has 3 aliphatic heterocycles. The zero-order chi connectivity index (χ0) is 24.7. The van der Waals surface area contributed by atoms with Crippen molar-refractivity contribution in [3.8, 4) is 11.4 Å². The van der Waals surface area contributed by atoms with E-state index in [1.807, 2.05) is 24.3 Å². The van der Waals surface area contributed by atoms with Crippen LogP contribution in [0.5, 0.6) is 0 Å². The van der Waals surface area contributed by atoms with E-state index in [-0.39, 0.29) is 29.7 Å². The molecule has 1 aromatic carbocycles. The van der Waals surface area contributed by atoms with Gasteiger partial charge >= 0.3 is 11.9 Å². The average Bonchev–Trinajstić information content (AvgIpc) is 3.32. The molecule has 3 atom stereocenters. The van der Waals surface area contributed by atoms with Gasteiger partial charge in [0.1, 0.15) is 18.2 Å². The topological polar surface area (TPSA) is 143 Å². The highest BCUT2D eigenvalue weighted by atomic mass is 17.2. The Morgan fingerprint density at radius 2 is 2.03 bits per heavy atom. The van der Waals surface area contributed by atoms with Crippen LogP contribution < -0.4 is 11.3 Å². The maximum absolute atomic E-state index is 13.3. The van der Waals surface area contributed by atoms with Gasteiger partial charge in [0.25, 0.3) is 5.56 Å². The number of pyridine rings is 2. The summed E-state index contributed by atoms with van der Waals surface area (Å²) in [5.41, 5.74) is 6.63. The SMILES string of the molecule is CC[C@@]1(O)C(=O)OCc2c1cc1n(c2=O)Cc2cc3cccc(CC4OOC(=O)C4(C)N)c3nc2-1. The van der Waals surface area contributed by atoms with Crippen LogP contribution >= 0.6 is 0 Å². The Hall–Kier alpha value is -3.60. The van der Waals surface area contributed by atoms with Crippen LogP contribution in [0.1, 0.15) is 42.5 Å². The first-order valence-electron chi connectivity index (χ1n) is 11.4. The molecule has 5 heterocycles. The molecule has 2 unspecified atom stereocenters. The van der Waals surface area contributed by atoms with E-state index in [9.17, 15) is 19.5 Å². The molecule has 0 saturated carbocycles. The first-order chi connectivity index (χ1) is 16.6. The predicted octanol–water partition coefficient (Wildman–Crippen LogP) is 1.20. The van der Waals surface area contributed by atoms with Gasteiger partial charge in [-0.2, -0.15) is 4.89 Å². The quantitative estimate of drug-likeness (QED) is 0.329. The summed E-state index contributed by atoms with van der Waals surface area (Å²) in [5, 5.41) is 11.9. The molecule has 10 heteroatoms. The predicted molar refractivity (Wildman–Crippen MR) is 122 cm³/mol. The summed E-state index contributed by atoms with van der Waals surface area (Å²) < 4.78 is 6.71. The molecule has 3 N–H and O–H groups in total. The summed E-state index contributed by atoms with van der Waals surface area (Å²) in [6, 6.07) is 9.33. The third-order valence-electron chi connectivity index (χ3n) is 7.38. The number of hydrogen-bond donors (Lipinski definition) is 2. The summed E-state index contributed by atoms with van der Waals surface area (Å²) in [6.45, 7) is 3.37. The van der Waals surface area contributed by atoms with Crippen LogP contribution in [-0.2, 0) is 49.3 Å². The number of carbonyl (C=O) groups excluding carboxylic acids is 2. The van der Waals surface area contributed by atoms with Gasteiger partial charge < -0.3 is 20.1 Å². The van der Waals surface area contributed by atoms with Crippen LogP contribution in [0.4, 0.5) is 0 Å². The molecule has 0 radical (unpaired) electrons. The number of hydrogen-bond acceptors (Lipinski definition) is 9. The molecule has 0 aliphatic carbocycles. The molecule has 3 aromatic rings. The van der Waals surface area contributed by atoms with Crippen molar-refractivity contribution in [1.82, 2.24) is 9.55 Å². The summed E-state index contributed by atoms with van der Waals surface area (Å²) in [4.78, 5) is 52.4. The van der Waals surface area contributed by atoms with Gasteiger partial charge in [0, 0.05) is 22.9 Å². The Balaban J connectivity index is 1.50. The lowest BCUT2D eigenvalue weighted by atomic mass is 9.86. The first-order valence-corrected chi connectivity index (χ1v) is 11.4. The highest BCUT2D eigenvalue weighted by molar-refractivity contribution is 5.88. The molecule has 35 heavy (non-hydrogen) atoms. The van der Waals surface area contributed by atoms with Crippen LogP contribution in [0.15, 0.2) is 35.1 Å². The number of carbonyl (C=O) groups is 2. The first kappa shape index (κ1) is 21.9. The number of nitrogens with zero attached hydrogens (tertiary/aromatic N) is 2. The second-order valence-corrected chi connectivity index (χ2v) is 9.53. The third-order valence-corrected chi connectivity index (χ3v) is 7.38. The maximum atomic E-state index is 13.3. The molecule has 0 amide bonds. The number of fused-ring (bicyclic) bond motifs is 5. The number of ether oxygens (including phenoxy) is 1. The number of aliphatic hydroxyl groups is 1. The molecule has 180 valence electrons. The minimum atomic E-state index is -1.88. The molecular formula is C25H23N3O7. The standard InChI is InChI=1S/C25H23N3O7/c1-3-25(32)16-9-17-20-14(10-28(17)21(29)15(16)11-33-23(25)31)7-12-5-4-6-13(19(12)27-20)8-18-24(2,26)22(30)35-34-18/h4-7,9,18,32H,3,8,10-11,26H2,1-2H3/t18?,24?,25-/m0/s1. The summed E-state index contributed by atoms with van der Waals surface area (Å²) in [5.74, 6) is -1.39. The fourth-order valence-corrected chi connectivity index (χ4v) is 5.10. The highest BCUT2D eigenvalue weighted by Crippen LogP contribution is 2.39. The lowest BCUT2D eigenvalue weighted by Gasteiger charge is -2.31. The van der Waals surface area contributed by atoms with Crippen molar-refractivity contribution in [2.45, 2.75) is 57.1 Å². The Bertz CT molecular complexity index is 1510. The monoisotopic (exact) mass is 477 g/mol. The average molecular weight is 477 g/mol. The van der Waals surface area contributed by atoms with Gasteiger partial charge in [0.05, 0.1) is 29.0 Å². The Labute approximate surface area is 199 Å². The molecule has 0 spiro atoms. The molecule has 1 saturated heterocycles. The zero-order valence-corrected chi connectivity index (χ0v) is 19.2. The van der Waals surface area contributed by atoms with Gasteiger partial charge in [-0.25, -0.2) is 14.6 Å². The Morgan fingerprint density at radius 3 is 2.74 bits per heavy atom. The zero-order valence-electron chi connectivity index (χ0n) is 19.2. The van der Waals surface area contributed by atoms with Gasteiger partial charge in [0.15, 0.2) is 5.60 Å². The van der Waals surface area contributed by atoms with E-state index in [0.717, 1.165) is 16.5 Å². The third kappa shape index (κ3) is 2.94. The van der Waals surface area contributed by atoms with E-state index in [1.165, 1.54) is 0 Å². The van der Waals surface area contributed by atoms with Gasteiger partial charge in [-0.3, -0.25) is 9.68 Å². The van der Waals surface area contributed by atoms with E-state index < -0.39 is 29.2 Å². The summed E-state index contributed by atoms with van der Waals surface area (Å²) in [6.07, 6.45) is -0.326. The van der Waals surface area contributed by atoms with E-state index in [1.54, 1.807) is 24.5 Å². The van der Waals surface area contributed by atoms with E-state index >= 15 is 0 Å². The van der Waals surface area contributed by atoms with E-state index in [2.05, 4.69) is 0 Å². The lowest BCUT2D eigenvalue weighted by molar-refractivity contribution is -0.261.